The number of carbonyl (C=O) groups excluding carboxylic acids is 1. The Kier molecular flexibility index (Phi) is 6.33. The molecular weight excluding hydrogens is 234 g/mol. The van der Waals surface area contributed by atoms with Crippen molar-refractivity contribution in [1.29, 1.82) is 0 Å². The third kappa shape index (κ3) is 7.62. The number of hydrogen-bond donors (Lipinski definition) is 2. The van der Waals surface area contributed by atoms with Crippen molar-refractivity contribution in [2.75, 3.05) is 6.61 Å². The van der Waals surface area contributed by atoms with Crippen LogP contribution in [0.5, 0.6) is 0 Å². The van der Waals surface area contributed by atoms with Crippen LogP contribution in [0.2, 0.25) is 0 Å². The van der Waals surface area contributed by atoms with E-state index in [0.717, 1.165) is 0 Å². The van der Waals surface area contributed by atoms with E-state index in [4.69, 9.17) is 15.6 Å². The Bertz CT molecular complexity index is 375. The fraction of sp³-hybridized carbons (Fsp3) is 0.538. The summed E-state index contributed by atoms with van der Waals surface area (Å²) in [5.74, 6) is -1.48. The molecule has 5 nitrogen and oxygen atoms in total. The molecule has 0 aromatic rings. The first-order valence-electron chi connectivity index (χ1n) is 5.68. The number of hydrogen-bond acceptors (Lipinski definition) is 4. The molecule has 0 aliphatic carbocycles. The summed E-state index contributed by atoms with van der Waals surface area (Å²) in [5, 5.41) is 8.64. The molecule has 0 aromatic carbocycles. The average Bonchev–Trinajstić information content (AvgIpc) is 2.23. The summed E-state index contributed by atoms with van der Waals surface area (Å²) in [5.41, 5.74) is 5.88. The molecule has 0 aliphatic heterocycles. The van der Waals surface area contributed by atoms with Crippen LogP contribution in [-0.4, -0.2) is 29.2 Å². The number of aliphatic carboxylic acids is 1. The smallest absolute Gasteiger partial charge is 0.333 e. The first-order valence-corrected chi connectivity index (χ1v) is 5.68. The molecule has 0 aromatic heterocycles. The van der Waals surface area contributed by atoms with Crippen LogP contribution in [0.4, 0.5) is 0 Å². The molecule has 0 spiro atoms. The minimum Gasteiger partial charge on any atom is -0.478 e. The minimum absolute atomic E-state index is 0.158. The highest BCUT2D eigenvalue weighted by molar-refractivity contribution is 5.89. The van der Waals surface area contributed by atoms with Crippen molar-refractivity contribution in [2.45, 2.75) is 39.7 Å². The number of carbonyl (C=O) groups is 2. The van der Waals surface area contributed by atoms with Gasteiger partial charge in [-0.1, -0.05) is 12.2 Å². The predicted octanol–water partition coefficient (Wildman–Crippen LogP) is 1.63. The normalized spacial score (nSPS) is 13.4. The van der Waals surface area contributed by atoms with Gasteiger partial charge in [-0.25, -0.2) is 9.59 Å². The molecular formula is C13H21NO4. The van der Waals surface area contributed by atoms with Gasteiger partial charge in [-0.15, -0.1) is 0 Å². The lowest BCUT2D eigenvalue weighted by molar-refractivity contribution is -0.139. The summed E-state index contributed by atoms with van der Waals surface area (Å²) in [4.78, 5) is 22.0. The number of ether oxygens (including phenoxy) is 1. The standard InChI is InChI=1S/C13H21NO4/c1-9(11(15)16)5-6-10(2)12(17)18-8-7-13(3,4)14/h5-6H,7-8,14H2,1-4H3,(H,15,16). The topological polar surface area (TPSA) is 89.6 Å². The van der Waals surface area contributed by atoms with Gasteiger partial charge in [-0.2, -0.15) is 0 Å². The van der Waals surface area contributed by atoms with Crippen LogP contribution < -0.4 is 5.73 Å². The van der Waals surface area contributed by atoms with Crippen LogP contribution in [0.25, 0.3) is 0 Å². The van der Waals surface area contributed by atoms with Gasteiger partial charge in [0, 0.05) is 16.7 Å². The first-order chi connectivity index (χ1) is 8.13. The molecule has 0 saturated carbocycles. The van der Waals surface area contributed by atoms with E-state index in [1.807, 2.05) is 13.8 Å². The Morgan fingerprint density at radius 2 is 1.72 bits per heavy atom. The Balaban J connectivity index is 4.31. The van der Waals surface area contributed by atoms with Crippen molar-refractivity contribution in [1.82, 2.24) is 0 Å². The van der Waals surface area contributed by atoms with Gasteiger partial charge >= 0.3 is 11.9 Å². The zero-order valence-corrected chi connectivity index (χ0v) is 11.3. The Labute approximate surface area is 107 Å². The maximum absolute atomic E-state index is 11.5. The van der Waals surface area contributed by atoms with E-state index in [0.29, 0.717) is 12.0 Å². The molecule has 0 unspecified atom stereocenters. The minimum atomic E-state index is -1.02. The summed E-state index contributed by atoms with van der Waals surface area (Å²) in [6, 6.07) is 0. The summed E-state index contributed by atoms with van der Waals surface area (Å²) in [6.45, 7) is 6.97. The second-order valence-electron chi connectivity index (χ2n) is 4.88. The highest BCUT2D eigenvalue weighted by atomic mass is 16.5. The van der Waals surface area contributed by atoms with Gasteiger partial charge in [0.2, 0.25) is 0 Å². The van der Waals surface area contributed by atoms with E-state index < -0.39 is 11.9 Å². The van der Waals surface area contributed by atoms with Crippen molar-refractivity contribution < 1.29 is 19.4 Å². The molecule has 5 heteroatoms. The van der Waals surface area contributed by atoms with E-state index in [1.165, 1.54) is 19.1 Å². The number of allylic oxidation sites excluding steroid dienone is 2. The molecule has 102 valence electrons. The second-order valence-corrected chi connectivity index (χ2v) is 4.88. The lowest BCUT2D eigenvalue weighted by Crippen LogP contribution is -2.33. The van der Waals surface area contributed by atoms with Gasteiger partial charge < -0.3 is 15.6 Å². The fourth-order valence-electron chi connectivity index (χ4n) is 0.910. The van der Waals surface area contributed by atoms with Crippen molar-refractivity contribution in [2.24, 2.45) is 5.73 Å². The van der Waals surface area contributed by atoms with Crippen LogP contribution in [0, 0.1) is 0 Å². The lowest BCUT2D eigenvalue weighted by Gasteiger charge is -2.17. The molecule has 0 bridgehead atoms. The molecule has 0 radical (unpaired) electrons. The molecule has 18 heavy (non-hydrogen) atoms. The maximum Gasteiger partial charge on any atom is 0.333 e. The van der Waals surface area contributed by atoms with Gasteiger partial charge in [0.1, 0.15) is 0 Å². The van der Waals surface area contributed by atoms with E-state index in [9.17, 15) is 9.59 Å². The molecule has 0 amide bonds. The number of rotatable bonds is 6. The Hall–Kier alpha value is -1.62. The van der Waals surface area contributed by atoms with Gasteiger partial charge in [-0.3, -0.25) is 0 Å². The Morgan fingerprint density at radius 3 is 2.17 bits per heavy atom. The van der Waals surface area contributed by atoms with Crippen molar-refractivity contribution >= 4 is 11.9 Å². The number of carboxylic acids is 1. The molecule has 0 fully saturated rings. The summed E-state index contributed by atoms with van der Waals surface area (Å²) < 4.78 is 5.01. The third-order valence-corrected chi connectivity index (χ3v) is 2.22. The van der Waals surface area contributed by atoms with Gasteiger partial charge in [0.05, 0.1) is 6.61 Å². The zero-order valence-electron chi connectivity index (χ0n) is 11.3. The summed E-state index contributed by atoms with van der Waals surface area (Å²) in [6.07, 6.45) is 3.36. The average molecular weight is 255 g/mol. The van der Waals surface area contributed by atoms with Crippen LogP contribution in [0.3, 0.4) is 0 Å². The largest absolute Gasteiger partial charge is 0.478 e. The third-order valence-electron chi connectivity index (χ3n) is 2.22. The number of carboxylic acid groups (broad SMARTS) is 1. The van der Waals surface area contributed by atoms with Gasteiger partial charge in [0.15, 0.2) is 0 Å². The van der Waals surface area contributed by atoms with Crippen LogP contribution >= 0.6 is 0 Å². The van der Waals surface area contributed by atoms with Crippen molar-refractivity contribution in [3.63, 3.8) is 0 Å². The predicted molar refractivity (Wildman–Crippen MR) is 69.0 cm³/mol. The molecule has 0 saturated heterocycles. The summed E-state index contributed by atoms with van der Waals surface area (Å²) >= 11 is 0. The number of nitrogens with two attached hydrogens (primary N) is 1. The quantitative estimate of drug-likeness (QED) is 0.428. The Morgan fingerprint density at radius 1 is 1.22 bits per heavy atom. The van der Waals surface area contributed by atoms with E-state index in [2.05, 4.69) is 0 Å². The highest BCUT2D eigenvalue weighted by Gasteiger charge is 2.12. The maximum atomic E-state index is 11.5. The second kappa shape index (κ2) is 6.96. The van der Waals surface area contributed by atoms with E-state index >= 15 is 0 Å². The monoisotopic (exact) mass is 255 g/mol. The van der Waals surface area contributed by atoms with Crippen molar-refractivity contribution in [3.05, 3.63) is 23.3 Å². The van der Waals surface area contributed by atoms with Crippen molar-refractivity contribution in [3.8, 4) is 0 Å². The molecule has 0 rings (SSSR count). The molecule has 0 heterocycles. The highest BCUT2D eigenvalue weighted by Crippen LogP contribution is 2.05. The van der Waals surface area contributed by atoms with Crippen LogP contribution in [0.1, 0.15) is 34.1 Å². The van der Waals surface area contributed by atoms with Gasteiger partial charge in [-0.05, 0) is 34.1 Å². The SMILES string of the molecule is CC(=CC=C(C)C(=O)OCCC(C)(C)N)C(=O)O. The van der Waals surface area contributed by atoms with E-state index in [1.54, 1.807) is 6.92 Å². The first kappa shape index (κ1) is 16.4. The van der Waals surface area contributed by atoms with Gasteiger partial charge in [0.25, 0.3) is 0 Å². The van der Waals surface area contributed by atoms with Crippen LogP contribution in [-0.2, 0) is 14.3 Å². The molecule has 0 aliphatic rings. The summed E-state index contributed by atoms with van der Waals surface area (Å²) in [7, 11) is 0. The zero-order chi connectivity index (χ0) is 14.3. The molecule has 0 atom stereocenters. The fourth-order valence-corrected chi connectivity index (χ4v) is 0.910. The van der Waals surface area contributed by atoms with E-state index in [-0.39, 0.29) is 17.7 Å². The van der Waals surface area contributed by atoms with Crippen LogP contribution in [0.15, 0.2) is 23.3 Å². The lowest BCUT2D eigenvalue weighted by atomic mass is 10.0. The number of esters is 1. The molecule has 3 N–H and O–H groups in total.